The molecule has 1 aromatic carbocycles. The van der Waals surface area contributed by atoms with Gasteiger partial charge in [0.25, 0.3) is 0 Å². The summed E-state index contributed by atoms with van der Waals surface area (Å²) in [6.45, 7) is 3.14. The zero-order chi connectivity index (χ0) is 15.9. The van der Waals surface area contributed by atoms with Gasteiger partial charge in [-0.3, -0.25) is 9.47 Å². The van der Waals surface area contributed by atoms with Crippen LogP contribution in [0.4, 0.5) is 0 Å². The fourth-order valence-electron chi connectivity index (χ4n) is 2.79. The molecule has 2 heterocycles. The molecule has 1 aliphatic heterocycles. The van der Waals surface area contributed by atoms with Gasteiger partial charge >= 0.3 is 0 Å². The lowest BCUT2D eigenvalue weighted by molar-refractivity contribution is 0.319. The Kier molecular flexibility index (Phi) is 5.67. The minimum atomic E-state index is 0.590. The highest BCUT2D eigenvalue weighted by Crippen LogP contribution is 2.24. The summed E-state index contributed by atoms with van der Waals surface area (Å²) >= 11 is 1.68. The second-order valence-electron chi connectivity index (χ2n) is 5.66. The molecular formula is C17H21N5S. The third-order valence-corrected chi connectivity index (χ3v) is 4.96. The molecule has 6 heteroatoms. The maximum Gasteiger partial charge on any atom is 0.195 e. The number of aromatic nitrogens is 3. The lowest BCUT2D eigenvalue weighted by atomic mass is 10.3. The SMILES string of the molecule is N#CCCCSc1nnc(CN2CCCC2)n1-c1ccccc1. The smallest absolute Gasteiger partial charge is 0.195 e. The number of likely N-dealkylation sites (tertiary alicyclic amines) is 1. The second kappa shape index (κ2) is 8.14. The molecule has 0 radical (unpaired) electrons. The van der Waals surface area contributed by atoms with Crippen LogP contribution in [0.3, 0.4) is 0 Å². The highest BCUT2D eigenvalue weighted by atomic mass is 32.2. The monoisotopic (exact) mass is 327 g/mol. The molecule has 0 aliphatic carbocycles. The number of benzene rings is 1. The van der Waals surface area contributed by atoms with E-state index in [1.54, 1.807) is 11.8 Å². The number of nitriles is 1. The number of hydrogen-bond donors (Lipinski definition) is 0. The number of hydrogen-bond acceptors (Lipinski definition) is 5. The Labute approximate surface area is 141 Å². The van der Waals surface area contributed by atoms with Crippen LogP contribution >= 0.6 is 11.8 Å². The van der Waals surface area contributed by atoms with Crippen molar-refractivity contribution in [2.24, 2.45) is 0 Å². The van der Waals surface area contributed by atoms with Crippen LogP contribution in [0.25, 0.3) is 5.69 Å². The van der Waals surface area contributed by atoms with Gasteiger partial charge < -0.3 is 0 Å². The van der Waals surface area contributed by atoms with Crippen molar-refractivity contribution in [3.05, 3.63) is 36.2 Å². The average molecular weight is 327 g/mol. The van der Waals surface area contributed by atoms with E-state index in [1.165, 1.54) is 12.8 Å². The first kappa shape index (κ1) is 16.0. The van der Waals surface area contributed by atoms with E-state index in [0.717, 1.165) is 48.5 Å². The van der Waals surface area contributed by atoms with Crippen molar-refractivity contribution in [1.82, 2.24) is 19.7 Å². The molecule has 23 heavy (non-hydrogen) atoms. The van der Waals surface area contributed by atoms with Crippen LogP contribution in [0.2, 0.25) is 0 Å². The second-order valence-corrected chi connectivity index (χ2v) is 6.73. The van der Waals surface area contributed by atoms with Crippen LogP contribution in [0.15, 0.2) is 35.5 Å². The minimum absolute atomic E-state index is 0.590. The molecule has 0 saturated carbocycles. The molecule has 0 atom stereocenters. The fraction of sp³-hybridized carbons (Fsp3) is 0.471. The van der Waals surface area contributed by atoms with Crippen molar-refractivity contribution in [1.29, 1.82) is 5.26 Å². The summed E-state index contributed by atoms with van der Waals surface area (Å²) in [7, 11) is 0. The van der Waals surface area contributed by atoms with Crippen molar-refractivity contribution in [3.8, 4) is 11.8 Å². The van der Waals surface area contributed by atoms with Gasteiger partial charge in [0.2, 0.25) is 0 Å². The van der Waals surface area contributed by atoms with E-state index < -0.39 is 0 Å². The van der Waals surface area contributed by atoms with Gasteiger partial charge in [-0.25, -0.2) is 0 Å². The Hall–Kier alpha value is -1.84. The zero-order valence-electron chi connectivity index (χ0n) is 13.2. The molecule has 1 aromatic heterocycles. The summed E-state index contributed by atoms with van der Waals surface area (Å²) in [6.07, 6.45) is 4.02. The van der Waals surface area contributed by atoms with Gasteiger partial charge in [-0.05, 0) is 44.5 Å². The van der Waals surface area contributed by atoms with E-state index >= 15 is 0 Å². The third-order valence-electron chi connectivity index (χ3n) is 3.94. The lowest BCUT2D eigenvalue weighted by Crippen LogP contribution is -2.21. The summed E-state index contributed by atoms with van der Waals surface area (Å²) in [4.78, 5) is 2.44. The quantitative estimate of drug-likeness (QED) is 0.577. The number of nitrogens with zero attached hydrogens (tertiary/aromatic N) is 5. The molecule has 1 saturated heterocycles. The molecular weight excluding hydrogens is 306 g/mol. The van der Waals surface area contributed by atoms with Crippen molar-refractivity contribution in [2.45, 2.75) is 37.4 Å². The topological polar surface area (TPSA) is 57.7 Å². The van der Waals surface area contributed by atoms with Crippen molar-refractivity contribution >= 4 is 11.8 Å². The van der Waals surface area contributed by atoms with Crippen LogP contribution in [0.5, 0.6) is 0 Å². The Morgan fingerprint density at radius 2 is 1.91 bits per heavy atom. The lowest BCUT2D eigenvalue weighted by Gasteiger charge is -2.15. The number of para-hydroxylation sites is 1. The molecule has 2 aromatic rings. The van der Waals surface area contributed by atoms with Crippen LogP contribution in [-0.2, 0) is 6.54 Å². The molecule has 0 bridgehead atoms. The van der Waals surface area contributed by atoms with E-state index in [1.807, 2.05) is 18.2 Å². The maximum atomic E-state index is 8.66. The van der Waals surface area contributed by atoms with E-state index in [2.05, 4.69) is 37.9 Å². The molecule has 3 rings (SSSR count). The van der Waals surface area contributed by atoms with E-state index in [4.69, 9.17) is 5.26 Å². The molecule has 120 valence electrons. The summed E-state index contributed by atoms with van der Waals surface area (Å²) < 4.78 is 2.16. The summed E-state index contributed by atoms with van der Waals surface area (Å²) in [5.74, 6) is 1.89. The van der Waals surface area contributed by atoms with Gasteiger partial charge in [0.05, 0.1) is 12.6 Å². The standard InChI is InChI=1S/C17H21N5S/c18-10-4-7-13-23-17-20-19-16(14-21-11-5-6-12-21)22(17)15-8-2-1-3-9-15/h1-3,8-9H,4-7,11-14H2. The Balaban J connectivity index is 1.81. The van der Waals surface area contributed by atoms with Crippen molar-refractivity contribution in [2.75, 3.05) is 18.8 Å². The Morgan fingerprint density at radius 1 is 1.13 bits per heavy atom. The average Bonchev–Trinajstić information content (AvgIpc) is 3.23. The van der Waals surface area contributed by atoms with Crippen molar-refractivity contribution < 1.29 is 0 Å². The molecule has 0 N–H and O–H groups in total. The van der Waals surface area contributed by atoms with E-state index in [9.17, 15) is 0 Å². The highest BCUT2D eigenvalue weighted by Gasteiger charge is 2.19. The number of thioether (sulfide) groups is 1. The Bertz CT molecular complexity index is 655. The van der Waals surface area contributed by atoms with E-state index in [0.29, 0.717) is 6.42 Å². The fourth-order valence-corrected chi connectivity index (χ4v) is 3.70. The van der Waals surface area contributed by atoms with Gasteiger partial charge in [0.1, 0.15) is 0 Å². The van der Waals surface area contributed by atoms with Gasteiger partial charge in [-0.15, -0.1) is 10.2 Å². The number of unbranched alkanes of at least 4 members (excludes halogenated alkanes) is 1. The first-order valence-electron chi connectivity index (χ1n) is 8.10. The predicted molar refractivity (Wildman–Crippen MR) is 91.4 cm³/mol. The van der Waals surface area contributed by atoms with E-state index in [-0.39, 0.29) is 0 Å². The molecule has 1 fully saturated rings. The normalized spacial score (nSPS) is 14.9. The van der Waals surface area contributed by atoms with Crippen LogP contribution in [0.1, 0.15) is 31.5 Å². The summed E-state index contributed by atoms with van der Waals surface area (Å²) in [6, 6.07) is 12.5. The third kappa shape index (κ3) is 4.12. The molecule has 5 nitrogen and oxygen atoms in total. The maximum absolute atomic E-state index is 8.66. The van der Waals surface area contributed by atoms with Crippen LogP contribution in [0, 0.1) is 11.3 Å². The van der Waals surface area contributed by atoms with Crippen LogP contribution in [-0.4, -0.2) is 38.5 Å². The highest BCUT2D eigenvalue weighted by molar-refractivity contribution is 7.99. The Morgan fingerprint density at radius 3 is 2.65 bits per heavy atom. The molecule has 0 unspecified atom stereocenters. The zero-order valence-corrected chi connectivity index (χ0v) is 14.0. The van der Waals surface area contributed by atoms with Crippen molar-refractivity contribution in [3.63, 3.8) is 0 Å². The first-order valence-corrected chi connectivity index (χ1v) is 9.09. The van der Waals surface area contributed by atoms with Crippen LogP contribution < -0.4 is 0 Å². The van der Waals surface area contributed by atoms with Gasteiger partial charge in [0.15, 0.2) is 11.0 Å². The summed E-state index contributed by atoms with van der Waals surface area (Å²) in [5.41, 5.74) is 1.11. The molecule has 0 spiro atoms. The van der Waals surface area contributed by atoms with Gasteiger partial charge in [-0.2, -0.15) is 5.26 Å². The molecule has 0 amide bonds. The summed E-state index contributed by atoms with van der Waals surface area (Å²) in [5, 5.41) is 18.4. The van der Waals surface area contributed by atoms with Gasteiger partial charge in [0, 0.05) is 17.9 Å². The largest absolute Gasteiger partial charge is 0.296 e. The predicted octanol–water partition coefficient (Wildman–Crippen LogP) is 3.26. The number of rotatable bonds is 7. The van der Waals surface area contributed by atoms with Gasteiger partial charge in [-0.1, -0.05) is 30.0 Å². The molecule has 1 aliphatic rings. The minimum Gasteiger partial charge on any atom is -0.296 e. The first-order chi connectivity index (χ1) is 11.4.